The van der Waals surface area contributed by atoms with Gasteiger partial charge < -0.3 is 5.32 Å². The average Bonchev–Trinajstić information content (AvgIpc) is 2.70. The molecule has 154 valence electrons. The molecule has 1 aliphatic heterocycles. The molecule has 0 radical (unpaired) electrons. The maximum absolute atomic E-state index is 13.6. The minimum atomic E-state index is -3.56. The zero-order chi connectivity index (χ0) is 20.9. The van der Waals surface area contributed by atoms with E-state index in [9.17, 15) is 22.0 Å². The highest BCUT2D eigenvalue weighted by molar-refractivity contribution is 7.92. The number of anilines is 1. The second-order valence-electron chi connectivity index (χ2n) is 6.61. The summed E-state index contributed by atoms with van der Waals surface area (Å²) in [6.07, 6.45) is 1.54. The van der Waals surface area contributed by atoms with Gasteiger partial charge in [0.1, 0.15) is 11.6 Å². The molecular weight excluding hydrogens is 400 g/mol. The third-order valence-electron chi connectivity index (χ3n) is 4.49. The van der Waals surface area contributed by atoms with Gasteiger partial charge in [0.15, 0.2) is 0 Å². The fourth-order valence-electron chi connectivity index (χ4n) is 2.94. The van der Waals surface area contributed by atoms with E-state index in [0.29, 0.717) is 13.1 Å². The van der Waals surface area contributed by atoms with Crippen LogP contribution in [-0.2, 0) is 14.8 Å². The lowest BCUT2D eigenvalue weighted by Crippen LogP contribution is -2.49. The maximum Gasteiger partial charge on any atom is 0.238 e. The molecule has 1 fully saturated rings. The van der Waals surface area contributed by atoms with E-state index >= 15 is 0 Å². The number of benzene rings is 2. The van der Waals surface area contributed by atoms with Gasteiger partial charge in [-0.25, -0.2) is 17.2 Å². The molecular formula is C20H21F2N3O3S. The third-order valence-corrected chi connectivity index (χ3v) is 6.06. The lowest BCUT2D eigenvalue weighted by Gasteiger charge is -2.32. The number of piperazine rings is 1. The summed E-state index contributed by atoms with van der Waals surface area (Å²) in [5, 5.41) is 3.52. The van der Waals surface area contributed by atoms with E-state index in [0.717, 1.165) is 23.8 Å². The van der Waals surface area contributed by atoms with Crippen LogP contribution in [0.2, 0.25) is 0 Å². The summed E-state index contributed by atoms with van der Waals surface area (Å²) in [5.74, 6) is -1.86. The number of hydrogen-bond acceptors (Lipinski definition) is 4. The van der Waals surface area contributed by atoms with Crippen LogP contribution in [0.1, 0.15) is 5.56 Å². The van der Waals surface area contributed by atoms with Crippen LogP contribution in [-0.4, -0.2) is 56.3 Å². The van der Waals surface area contributed by atoms with Crippen molar-refractivity contribution in [3.05, 3.63) is 71.1 Å². The number of halogens is 2. The summed E-state index contributed by atoms with van der Waals surface area (Å²) < 4.78 is 53.1. The molecule has 1 heterocycles. The highest BCUT2D eigenvalue weighted by atomic mass is 32.2. The number of hydrogen-bond donors (Lipinski definition) is 1. The van der Waals surface area contributed by atoms with E-state index in [1.54, 1.807) is 11.0 Å². The van der Waals surface area contributed by atoms with Crippen LogP contribution in [0, 0.1) is 11.6 Å². The van der Waals surface area contributed by atoms with Crippen molar-refractivity contribution in [1.82, 2.24) is 9.21 Å². The molecule has 1 aliphatic rings. The Balaban J connectivity index is 1.51. The van der Waals surface area contributed by atoms with Crippen molar-refractivity contribution in [1.29, 1.82) is 0 Å². The van der Waals surface area contributed by atoms with Gasteiger partial charge in [-0.2, -0.15) is 4.31 Å². The molecule has 1 saturated heterocycles. The first-order chi connectivity index (χ1) is 13.8. The van der Waals surface area contributed by atoms with Gasteiger partial charge in [0, 0.05) is 37.7 Å². The average molecular weight is 421 g/mol. The van der Waals surface area contributed by atoms with Crippen molar-refractivity contribution < 1.29 is 22.0 Å². The largest absolute Gasteiger partial charge is 0.322 e. The van der Waals surface area contributed by atoms with Gasteiger partial charge in [-0.1, -0.05) is 30.3 Å². The van der Waals surface area contributed by atoms with E-state index in [2.05, 4.69) is 5.32 Å². The predicted molar refractivity (Wildman–Crippen MR) is 107 cm³/mol. The molecule has 9 heteroatoms. The van der Waals surface area contributed by atoms with Gasteiger partial charge in [-0.05, 0) is 23.8 Å². The number of rotatable bonds is 6. The molecule has 0 saturated carbocycles. The first-order valence-corrected chi connectivity index (χ1v) is 10.5. The standard InChI is InChI=1S/C20H21F2N3O3S/c21-17-6-7-18(22)19(14-17)23-20(26)15-24-9-11-25(12-10-24)29(27,28)13-8-16-4-2-1-3-5-16/h1-8,13-14H,9-12,15H2,(H,23,26)/b13-8+. The number of nitrogens with one attached hydrogen (secondary N) is 1. The minimum absolute atomic E-state index is 0.0380. The van der Waals surface area contributed by atoms with Gasteiger partial charge in [0.05, 0.1) is 12.2 Å². The fraction of sp³-hybridized carbons (Fsp3) is 0.250. The molecule has 29 heavy (non-hydrogen) atoms. The van der Waals surface area contributed by atoms with E-state index in [1.165, 1.54) is 9.71 Å². The van der Waals surface area contributed by atoms with Crippen molar-refractivity contribution in [3.63, 3.8) is 0 Å². The quantitative estimate of drug-likeness (QED) is 0.778. The lowest BCUT2D eigenvalue weighted by atomic mass is 10.2. The molecule has 3 rings (SSSR count). The monoisotopic (exact) mass is 421 g/mol. The van der Waals surface area contributed by atoms with Gasteiger partial charge in [-0.3, -0.25) is 9.69 Å². The number of amides is 1. The number of sulfonamides is 1. The second-order valence-corrected chi connectivity index (χ2v) is 8.42. The van der Waals surface area contributed by atoms with E-state index in [-0.39, 0.29) is 25.3 Å². The normalized spacial score (nSPS) is 16.2. The fourth-order valence-corrected chi connectivity index (χ4v) is 4.12. The van der Waals surface area contributed by atoms with Gasteiger partial charge in [0.2, 0.25) is 15.9 Å². The van der Waals surface area contributed by atoms with Gasteiger partial charge >= 0.3 is 0 Å². The zero-order valence-electron chi connectivity index (χ0n) is 15.6. The second kappa shape index (κ2) is 9.25. The Hall–Kier alpha value is -2.62. The first-order valence-electron chi connectivity index (χ1n) is 9.04. The molecule has 0 aliphatic carbocycles. The molecule has 0 atom stereocenters. The van der Waals surface area contributed by atoms with Crippen LogP contribution in [0.25, 0.3) is 6.08 Å². The lowest BCUT2D eigenvalue weighted by molar-refractivity contribution is -0.117. The maximum atomic E-state index is 13.6. The van der Waals surface area contributed by atoms with Gasteiger partial charge in [0.25, 0.3) is 0 Å². The highest BCUT2D eigenvalue weighted by Crippen LogP contribution is 2.16. The molecule has 2 aromatic rings. The Morgan fingerprint density at radius 3 is 2.41 bits per heavy atom. The van der Waals surface area contributed by atoms with Crippen LogP contribution in [0.4, 0.5) is 14.5 Å². The Morgan fingerprint density at radius 1 is 1.03 bits per heavy atom. The molecule has 6 nitrogen and oxygen atoms in total. The molecule has 0 aromatic heterocycles. The summed E-state index contributed by atoms with van der Waals surface area (Å²) >= 11 is 0. The SMILES string of the molecule is O=C(CN1CCN(S(=O)(=O)/C=C/c2ccccc2)CC1)Nc1cc(F)ccc1F. The summed E-state index contributed by atoms with van der Waals surface area (Å²) in [5.41, 5.74) is 0.568. The van der Waals surface area contributed by atoms with E-state index in [1.807, 2.05) is 30.3 Å². The molecule has 1 N–H and O–H groups in total. The van der Waals surface area contributed by atoms with Crippen LogP contribution >= 0.6 is 0 Å². The Bertz CT molecular complexity index is 989. The first kappa shape index (κ1) is 21.1. The zero-order valence-corrected chi connectivity index (χ0v) is 16.4. The Kier molecular flexibility index (Phi) is 6.73. The molecule has 0 unspecified atom stereocenters. The molecule has 0 spiro atoms. The number of carbonyl (C=O) groups excluding carboxylic acids is 1. The molecule has 0 bridgehead atoms. The number of nitrogens with zero attached hydrogens (tertiary/aromatic N) is 2. The van der Waals surface area contributed by atoms with E-state index < -0.39 is 27.6 Å². The van der Waals surface area contributed by atoms with Crippen molar-refractivity contribution in [2.24, 2.45) is 0 Å². The van der Waals surface area contributed by atoms with Crippen LogP contribution < -0.4 is 5.32 Å². The summed E-state index contributed by atoms with van der Waals surface area (Å²) in [4.78, 5) is 13.9. The smallest absolute Gasteiger partial charge is 0.238 e. The van der Waals surface area contributed by atoms with Crippen LogP contribution in [0.5, 0.6) is 0 Å². The van der Waals surface area contributed by atoms with Crippen molar-refractivity contribution in [2.75, 3.05) is 38.0 Å². The Morgan fingerprint density at radius 2 is 1.72 bits per heavy atom. The van der Waals surface area contributed by atoms with Crippen molar-refractivity contribution in [2.45, 2.75) is 0 Å². The van der Waals surface area contributed by atoms with Crippen LogP contribution in [0.3, 0.4) is 0 Å². The summed E-state index contributed by atoms with van der Waals surface area (Å²) in [6, 6.07) is 11.9. The molecule has 2 aromatic carbocycles. The summed E-state index contributed by atoms with van der Waals surface area (Å²) in [7, 11) is -3.56. The minimum Gasteiger partial charge on any atom is -0.322 e. The van der Waals surface area contributed by atoms with E-state index in [4.69, 9.17) is 0 Å². The molecule has 1 amide bonds. The topological polar surface area (TPSA) is 69.7 Å². The van der Waals surface area contributed by atoms with Crippen molar-refractivity contribution in [3.8, 4) is 0 Å². The number of carbonyl (C=O) groups is 1. The van der Waals surface area contributed by atoms with Crippen LogP contribution in [0.15, 0.2) is 53.9 Å². The predicted octanol–water partition coefficient (Wildman–Crippen LogP) is 2.52. The van der Waals surface area contributed by atoms with Crippen molar-refractivity contribution >= 4 is 27.7 Å². The van der Waals surface area contributed by atoms with Gasteiger partial charge in [-0.15, -0.1) is 0 Å². The highest BCUT2D eigenvalue weighted by Gasteiger charge is 2.26. The Labute approximate surface area is 168 Å². The summed E-state index contributed by atoms with van der Waals surface area (Å²) in [6.45, 7) is 1.16. The third kappa shape index (κ3) is 5.93.